The van der Waals surface area contributed by atoms with Gasteiger partial charge >= 0.3 is 0 Å². The Bertz CT molecular complexity index is 1080. The fourth-order valence-electron chi connectivity index (χ4n) is 3.21. The third-order valence-electron chi connectivity index (χ3n) is 4.31. The number of hydrogen-bond donors (Lipinski definition) is 2. The fourth-order valence-corrected chi connectivity index (χ4v) is 3.42. The molecule has 4 aromatic rings. The van der Waals surface area contributed by atoms with E-state index in [1.165, 1.54) is 0 Å². The minimum atomic E-state index is 0.0866. The van der Waals surface area contributed by atoms with Gasteiger partial charge in [0.2, 0.25) is 0 Å². The molecule has 1 heterocycles. The van der Waals surface area contributed by atoms with Crippen LogP contribution in [0, 0.1) is 5.41 Å². The summed E-state index contributed by atoms with van der Waals surface area (Å²) in [6, 6.07) is 22.2. The number of benzene rings is 3. The van der Waals surface area contributed by atoms with Crippen LogP contribution in [0.5, 0.6) is 0 Å². The summed E-state index contributed by atoms with van der Waals surface area (Å²) >= 11 is 6.13. The number of nitrogens with two attached hydrogens (primary N) is 1. The van der Waals surface area contributed by atoms with Gasteiger partial charge in [0.1, 0.15) is 5.84 Å². The predicted molar refractivity (Wildman–Crippen MR) is 101 cm³/mol. The second-order valence-corrected chi connectivity index (χ2v) is 6.32. The summed E-state index contributed by atoms with van der Waals surface area (Å²) < 4.78 is 2.28. The van der Waals surface area contributed by atoms with E-state index < -0.39 is 0 Å². The number of rotatable bonds is 3. The Morgan fingerprint density at radius 2 is 1.71 bits per heavy atom. The summed E-state index contributed by atoms with van der Waals surface area (Å²) in [6.07, 6.45) is 0. The maximum Gasteiger partial charge on any atom is 0.122 e. The number of aromatic nitrogens is 1. The molecule has 24 heavy (non-hydrogen) atoms. The van der Waals surface area contributed by atoms with Crippen molar-refractivity contribution in [3.8, 4) is 0 Å². The predicted octanol–water partition coefficient (Wildman–Crippen LogP) is 4.78. The largest absolute Gasteiger partial charge is 0.384 e. The summed E-state index contributed by atoms with van der Waals surface area (Å²) in [5, 5.41) is 10.7. The summed E-state index contributed by atoms with van der Waals surface area (Å²) in [4.78, 5) is 0. The van der Waals surface area contributed by atoms with Crippen LogP contribution >= 0.6 is 11.6 Å². The zero-order valence-electron chi connectivity index (χ0n) is 13.0. The van der Waals surface area contributed by atoms with Gasteiger partial charge in [0.15, 0.2) is 0 Å². The molecule has 3 N–H and O–H groups in total. The quantitative estimate of drug-likeness (QED) is 0.411. The molecule has 3 aromatic carbocycles. The second kappa shape index (κ2) is 5.69. The first kappa shape index (κ1) is 14.8. The van der Waals surface area contributed by atoms with Gasteiger partial charge in [-0.1, -0.05) is 41.9 Å². The fraction of sp³-hybridized carbons (Fsp3) is 0.0500. The highest BCUT2D eigenvalue weighted by Gasteiger charge is 2.12. The smallest absolute Gasteiger partial charge is 0.122 e. The van der Waals surface area contributed by atoms with E-state index in [0.29, 0.717) is 0 Å². The van der Waals surface area contributed by atoms with Crippen molar-refractivity contribution in [2.24, 2.45) is 5.73 Å². The molecule has 0 saturated heterocycles. The van der Waals surface area contributed by atoms with Crippen LogP contribution in [-0.2, 0) is 6.54 Å². The van der Waals surface area contributed by atoms with Crippen LogP contribution in [0.1, 0.15) is 11.1 Å². The van der Waals surface area contributed by atoms with Crippen molar-refractivity contribution in [2.45, 2.75) is 6.54 Å². The van der Waals surface area contributed by atoms with Crippen molar-refractivity contribution in [3.63, 3.8) is 0 Å². The molecule has 0 aliphatic rings. The molecule has 0 saturated carbocycles. The van der Waals surface area contributed by atoms with Gasteiger partial charge in [0, 0.05) is 38.9 Å². The molecular weight excluding hydrogens is 318 g/mol. The third-order valence-corrected chi connectivity index (χ3v) is 4.55. The number of para-hydroxylation sites is 1. The number of amidine groups is 1. The highest BCUT2D eigenvalue weighted by molar-refractivity contribution is 6.30. The minimum Gasteiger partial charge on any atom is -0.384 e. The molecule has 0 aliphatic carbocycles. The molecule has 1 aromatic heterocycles. The molecule has 0 radical (unpaired) electrons. The Morgan fingerprint density at radius 3 is 2.50 bits per heavy atom. The number of halogens is 1. The van der Waals surface area contributed by atoms with E-state index >= 15 is 0 Å². The Kier molecular flexibility index (Phi) is 3.51. The van der Waals surface area contributed by atoms with E-state index in [1.807, 2.05) is 48.5 Å². The Balaban J connectivity index is 1.97. The molecule has 0 aliphatic heterocycles. The van der Waals surface area contributed by atoms with Crippen molar-refractivity contribution < 1.29 is 0 Å². The van der Waals surface area contributed by atoms with Crippen molar-refractivity contribution in [1.82, 2.24) is 4.57 Å². The lowest BCUT2D eigenvalue weighted by Crippen LogP contribution is -2.10. The number of nitrogens with one attached hydrogen (secondary N) is 1. The normalized spacial score (nSPS) is 11.2. The van der Waals surface area contributed by atoms with Gasteiger partial charge in [-0.3, -0.25) is 5.41 Å². The Morgan fingerprint density at radius 1 is 0.917 bits per heavy atom. The molecule has 118 valence electrons. The first-order chi connectivity index (χ1) is 11.6. The molecule has 4 heteroatoms. The van der Waals surface area contributed by atoms with E-state index in [2.05, 4.69) is 22.8 Å². The van der Waals surface area contributed by atoms with Crippen molar-refractivity contribution in [3.05, 3.63) is 82.9 Å². The van der Waals surface area contributed by atoms with Crippen molar-refractivity contribution >= 4 is 39.2 Å². The average Bonchev–Trinajstić information content (AvgIpc) is 2.89. The van der Waals surface area contributed by atoms with Gasteiger partial charge in [0.25, 0.3) is 0 Å². The molecule has 0 fully saturated rings. The zero-order valence-corrected chi connectivity index (χ0v) is 13.7. The van der Waals surface area contributed by atoms with Crippen LogP contribution in [-0.4, -0.2) is 10.4 Å². The lowest BCUT2D eigenvalue weighted by molar-refractivity contribution is 0.869. The Labute approximate surface area is 144 Å². The maximum absolute atomic E-state index is 7.68. The zero-order chi connectivity index (χ0) is 16.7. The van der Waals surface area contributed by atoms with E-state index in [-0.39, 0.29) is 5.84 Å². The highest BCUT2D eigenvalue weighted by Crippen LogP contribution is 2.30. The topological polar surface area (TPSA) is 54.8 Å². The first-order valence-corrected chi connectivity index (χ1v) is 8.11. The van der Waals surface area contributed by atoms with Crippen LogP contribution in [0.25, 0.3) is 21.8 Å². The molecule has 0 atom stereocenters. The van der Waals surface area contributed by atoms with Crippen LogP contribution in [0.3, 0.4) is 0 Å². The Hall–Kier alpha value is -2.78. The average molecular weight is 334 g/mol. The summed E-state index contributed by atoms with van der Waals surface area (Å²) in [7, 11) is 0. The molecular formula is C20H16ClN3. The van der Waals surface area contributed by atoms with Crippen LogP contribution in [0.2, 0.25) is 5.02 Å². The SMILES string of the molecule is N=C(N)c1ccc2c(c1)c1ccccc1n2Cc1cccc(Cl)c1. The molecule has 0 unspecified atom stereocenters. The molecule has 0 spiro atoms. The van der Waals surface area contributed by atoms with E-state index in [1.54, 1.807) is 0 Å². The monoisotopic (exact) mass is 333 g/mol. The molecule has 0 bridgehead atoms. The first-order valence-electron chi connectivity index (χ1n) is 7.73. The van der Waals surface area contributed by atoms with Gasteiger partial charge in [-0.2, -0.15) is 0 Å². The second-order valence-electron chi connectivity index (χ2n) is 5.88. The molecule has 4 rings (SSSR count). The minimum absolute atomic E-state index is 0.0866. The summed E-state index contributed by atoms with van der Waals surface area (Å²) in [5.41, 5.74) is 9.84. The van der Waals surface area contributed by atoms with Gasteiger partial charge in [-0.15, -0.1) is 0 Å². The van der Waals surface area contributed by atoms with E-state index in [0.717, 1.165) is 44.5 Å². The lowest BCUT2D eigenvalue weighted by Gasteiger charge is -2.08. The van der Waals surface area contributed by atoms with Gasteiger partial charge in [-0.05, 0) is 42.0 Å². The van der Waals surface area contributed by atoms with Gasteiger partial charge in [0.05, 0.1) is 0 Å². The van der Waals surface area contributed by atoms with Crippen molar-refractivity contribution in [2.75, 3.05) is 0 Å². The van der Waals surface area contributed by atoms with Crippen LogP contribution in [0.15, 0.2) is 66.7 Å². The number of nitrogens with zero attached hydrogens (tertiary/aromatic N) is 1. The standard InChI is InChI=1S/C20H16ClN3/c21-15-5-3-4-13(10-15)12-24-18-7-2-1-6-16(18)17-11-14(20(22)23)8-9-19(17)24/h1-11H,12H2,(H3,22,23). The van der Waals surface area contributed by atoms with Gasteiger partial charge in [-0.25, -0.2) is 0 Å². The van der Waals surface area contributed by atoms with E-state index in [9.17, 15) is 0 Å². The van der Waals surface area contributed by atoms with Gasteiger partial charge < -0.3 is 10.3 Å². The van der Waals surface area contributed by atoms with E-state index in [4.69, 9.17) is 22.7 Å². The van der Waals surface area contributed by atoms with Crippen molar-refractivity contribution in [1.29, 1.82) is 5.41 Å². The number of nitrogen functional groups attached to an aromatic ring is 1. The summed E-state index contributed by atoms with van der Waals surface area (Å²) in [5.74, 6) is 0.0866. The lowest BCUT2D eigenvalue weighted by atomic mass is 10.1. The molecule has 3 nitrogen and oxygen atoms in total. The van der Waals surface area contributed by atoms with Crippen LogP contribution in [0.4, 0.5) is 0 Å². The third kappa shape index (κ3) is 2.43. The maximum atomic E-state index is 7.68. The molecule has 0 amide bonds. The number of fused-ring (bicyclic) bond motifs is 3. The number of hydrogen-bond acceptors (Lipinski definition) is 1. The summed E-state index contributed by atoms with van der Waals surface area (Å²) in [6.45, 7) is 0.740. The van der Waals surface area contributed by atoms with Crippen LogP contribution < -0.4 is 5.73 Å². The highest BCUT2D eigenvalue weighted by atomic mass is 35.5.